The molecule has 0 atom stereocenters. The van der Waals surface area contributed by atoms with Gasteiger partial charge in [0.2, 0.25) is 17.7 Å². The Kier molecular flexibility index (Phi) is 6.81. The number of amides is 3. The van der Waals surface area contributed by atoms with E-state index < -0.39 is 0 Å². The highest BCUT2D eigenvalue weighted by atomic mass is 32.1. The molecule has 1 fully saturated rings. The largest absolute Gasteiger partial charge is 0.492 e. The molecule has 3 rings (SSSR count). The number of hydrogen-bond donors (Lipinski definition) is 0. The molecular formula is C20H26N4O4S. The van der Waals surface area contributed by atoms with Gasteiger partial charge in [-0.3, -0.25) is 24.2 Å². The van der Waals surface area contributed by atoms with E-state index in [1.54, 1.807) is 4.90 Å². The summed E-state index contributed by atoms with van der Waals surface area (Å²) in [6, 6.07) is 5.69. The summed E-state index contributed by atoms with van der Waals surface area (Å²) in [5.74, 6) is -0.207. The Labute approximate surface area is 174 Å². The molecule has 0 unspecified atom stereocenters. The molecule has 3 amide bonds. The van der Waals surface area contributed by atoms with Gasteiger partial charge in [0.1, 0.15) is 17.8 Å². The zero-order valence-corrected chi connectivity index (χ0v) is 17.8. The Bertz CT molecular complexity index is 895. The topological polar surface area (TPSA) is 83.0 Å². The van der Waals surface area contributed by atoms with E-state index in [-0.39, 0.29) is 37.1 Å². The van der Waals surface area contributed by atoms with E-state index >= 15 is 0 Å². The number of benzene rings is 1. The second-order valence-corrected chi connectivity index (χ2v) is 8.12. The molecular weight excluding hydrogens is 392 g/mol. The molecule has 1 aromatic carbocycles. The molecule has 1 saturated heterocycles. The van der Waals surface area contributed by atoms with Crippen LogP contribution in [-0.2, 0) is 14.4 Å². The first-order valence-corrected chi connectivity index (χ1v) is 10.5. The SMILES string of the molecule is CCOc1cccc2sc(N(CCCN(C)C)C(=O)CN3C(=O)CCC3=O)nc12. The van der Waals surface area contributed by atoms with Gasteiger partial charge in [0.05, 0.1) is 11.3 Å². The van der Waals surface area contributed by atoms with Crippen LogP contribution in [-0.4, -0.2) is 72.8 Å². The lowest BCUT2D eigenvalue weighted by Gasteiger charge is -2.23. The molecule has 0 aliphatic carbocycles. The van der Waals surface area contributed by atoms with Gasteiger partial charge in [-0.1, -0.05) is 17.4 Å². The number of para-hydroxylation sites is 1. The Balaban J connectivity index is 1.87. The smallest absolute Gasteiger partial charge is 0.248 e. The van der Waals surface area contributed by atoms with Gasteiger partial charge in [-0.05, 0) is 46.1 Å². The molecule has 2 heterocycles. The Hall–Kier alpha value is -2.52. The maximum absolute atomic E-state index is 13.1. The number of likely N-dealkylation sites (tertiary alicyclic amines) is 1. The van der Waals surface area contributed by atoms with E-state index in [0.29, 0.717) is 29.5 Å². The van der Waals surface area contributed by atoms with Crippen molar-refractivity contribution in [1.29, 1.82) is 0 Å². The fourth-order valence-corrected chi connectivity index (χ4v) is 4.22. The van der Waals surface area contributed by atoms with E-state index in [2.05, 4.69) is 4.98 Å². The van der Waals surface area contributed by atoms with Crippen LogP contribution in [0.5, 0.6) is 5.75 Å². The molecule has 9 heteroatoms. The quantitative estimate of drug-likeness (QED) is 0.580. The molecule has 156 valence electrons. The van der Waals surface area contributed by atoms with Crippen LogP contribution in [0.15, 0.2) is 18.2 Å². The first kappa shape index (κ1) is 21.2. The molecule has 0 radical (unpaired) electrons. The number of ether oxygens (including phenoxy) is 1. The van der Waals surface area contributed by atoms with E-state index in [1.807, 2.05) is 44.1 Å². The van der Waals surface area contributed by atoms with Crippen LogP contribution >= 0.6 is 11.3 Å². The number of carbonyl (C=O) groups is 3. The van der Waals surface area contributed by atoms with E-state index in [4.69, 9.17) is 4.74 Å². The number of carbonyl (C=O) groups excluding carboxylic acids is 3. The minimum atomic E-state index is -0.302. The molecule has 2 aromatic rings. The Morgan fingerprint density at radius 3 is 2.59 bits per heavy atom. The van der Waals surface area contributed by atoms with Crippen molar-refractivity contribution in [3.8, 4) is 5.75 Å². The average molecular weight is 419 g/mol. The van der Waals surface area contributed by atoms with Crippen molar-refractivity contribution in [1.82, 2.24) is 14.8 Å². The van der Waals surface area contributed by atoms with Gasteiger partial charge in [-0.15, -0.1) is 0 Å². The minimum Gasteiger partial charge on any atom is -0.492 e. The highest BCUT2D eigenvalue weighted by molar-refractivity contribution is 7.22. The van der Waals surface area contributed by atoms with Crippen molar-refractivity contribution in [3.05, 3.63) is 18.2 Å². The van der Waals surface area contributed by atoms with Crippen molar-refractivity contribution < 1.29 is 19.1 Å². The zero-order valence-electron chi connectivity index (χ0n) is 17.0. The fraction of sp³-hybridized carbons (Fsp3) is 0.500. The van der Waals surface area contributed by atoms with E-state index in [9.17, 15) is 14.4 Å². The number of thiazole rings is 1. The molecule has 0 spiro atoms. The molecule has 0 saturated carbocycles. The monoisotopic (exact) mass is 418 g/mol. The van der Waals surface area contributed by atoms with Crippen LogP contribution < -0.4 is 9.64 Å². The summed E-state index contributed by atoms with van der Waals surface area (Å²) in [5.41, 5.74) is 0.716. The molecule has 1 aromatic heterocycles. The van der Waals surface area contributed by atoms with Crippen molar-refractivity contribution in [2.75, 3.05) is 45.2 Å². The summed E-state index contributed by atoms with van der Waals surface area (Å²) < 4.78 is 6.58. The Morgan fingerprint density at radius 2 is 1.93 bits per heavy atom. The van der Waals surface area contributed by atoms with Gasteiger partial charge in [-0.25, -0.2) is 4.98 Å². The summed E-state index contributed by atoms with van der Waals surface area (Å²) in [6.45, 7) is 3.45. The third kappa shape index (κ3) is 4.91. The predicted octanol–water partition coefficient (Wildman–Crippen LogP) is 2.13. The van der Waals surface area contributed by atoms with E-state index in [1.165, 1.54) is 11.3 Å². The molecule has 29 heavy (non-hydrogen) atoms. The molecule has 0 bridgehead atoms. The highest BCUT2D eigenvalue weighted by Crippen LogP contribution is 2.34. The van der Waals surface area contributed by atoms with Crippen molar-refractivity contribution >= 4 is 44.4 Å². The highest BCUT2D eigenvalue weighted by Gasteiger charge is 2.32. The molecule has 1 aliphatic heterocycles. The standard InChI is InChI=1S/C20H26N4O4S/c1-4-28-14-7-5-8-15-19(14)21-20(29-15)23(12-6-11-22(2)3)18(27)13-24-16(25)9-10-17(24)26/h5,7-8H,4,6,9-13H2,1-3H3. The summed E-state index contributed by atoms with van der Waals surface area (Å²) in [7, 11) is 3.94. The second-order valence-electron chi connectivity index (χ2n) is 7.11. The van der Waals surface area contributed by atoms with Crippen LogP contribution in [0.2, 0.25) is 0 Å². The van der Waals surface area contributed by atoms with Gasteiger partial charge < -0.3 is 9.64 Å². The second kappa shape index (κ2) is 9.32. The number of aromatic nitrogens is 1. The molecule has 8 nitrogen and oxygen atoms in total. The van der Waals surface area contributed by atoms with Gasteiger partial charge in [0.25, 0.3) is 0 Å². The molecule has 0 N–H and O–H groups in total. The predicted molar refractivity (Wildman–Crippen MR) is 112 cm³/mol. The maximum Gasteiger partial charge on any atom is 0.248 e. The fourth-order valence-electron chi connectivity index (χ4n) is 3.19. The van der Waals surface area contributed by atoms with Crippen LogP contribution in [0, 0.1) is 0 Å². The average Bonchev–Trinajstić information content (AvgIpc) is 3.24. The van der Waals surface area contributed by atoms with Crippen molar-refractivity contribution in [2.24, 2.45) is 0 Å². The zero-order chi connectivity index (χ0) is 21.0. The van der Waals surface area contributed by atoms with Crippen LogP contribution in [0.4, 0.5) is 5.13 Å². The van der Waals surface area contributed by atoms with Crippen LogP contribution in [0.3, 0.4) is 0 Å². The number of imide groups is 1. The maximum atomic E-state index is 13.1. The minimum absolute atomic E-state index is 0.172. The third-order valence-electron chi connectivity index (χ3n) is 4.64. The number of fused-ring (bicyclic) bond motifs is 1. The van der Waals surface area contributed by atoms with Gasteiger partial charge in [-0.2, -0.15) is 0 Å². The lowest BCUT2D eigenvalue weighted by atomic mass is 10.3. The number of nitrogens with zero attached hydrogens (tertiary/aromatic N) is 4. The lowest BCUT2D eigenvalue weighted by molar-refractivity contribution is -0.141. The summed E-state index contributed by atoms with van der Waals surface area (Å²) >= 11 is 1.40. The van der Waals surface area contributed by atoms with Gasteiger partial charge in [0.15, 0.2) is 5.13 Å². The van der Waals surface area contributed by atoms with Crippen LogP contribution in [0.1, 0.15) is 26.2 Å². The van der Waals surface area contributed by atoms with Crippen molar-refractivity contribution in [2.45, 2.75) is 26.2 Å². The van der Waals surface area contributed by atoms with Gasteiger partial charge >= 0.3 is 0 Å². The lowest BCUT2D eigenvalue weighted by Crippen LogP contribution is -2.43. The number of hydrogen-bond acceptors (Lipinski definition) is 7. The first-order valence-electron chi connectivity index (χ1n) is 9.71. The normalized spacial score (nSPS) is 14.3. The Morgan fingerprint density at radius 1 is 1.21 bits per heavy atom. The molecule has 1 aliphatic rings. The third-order valence-corrected chi connectivity index (χ3v) is 5.68. The van der Waals surface area contributed by atoms with Gasteiger partial charge in [0, 0.05) is 19.4 Å². The van der Waals surface area contributed by atoms with Crippen LogP contribution in [0.25, 0.3) is 10.2 Å². The van der Waals surface area contributed by atoms with Crippen molar-refractivity contribution in [3.63, 3.8) is 0 Å². The first-order chi connectivity index (χ1) is 13.9. The number of rotatable bonds is 9. The summed E-state index contributed by atoms with van der Waals surface area (Å²) in [6.07, 6.45) is 1.09. The number of anilines is 1. The summed E-state index contributed by atoms with van der Waals surface area (Å²) in [5, 5.41) is 0.551. The summed E-state index contributed by atoms with van der Waals surface area (Å²) in [4.78, 5) is 46.3. The van der Waals surface area contributed by atoms with E-state index in [0.717, 1.165) is 22.6 Å².